The van der Waals surface area contributed by atoms with E-state index in [0.717, 1.165) is 6.42 Å². The molecule has 0 aromatic carbocycles. The van der Waals surface area contributed by atoms with E-state index in [4.69, 9.17) is 5.73 Å². The Balaban J connectivity index is 2.34. The molecule has 0 fully saturated rings. The van der Waals surface area contributed by atoms with Gasteiger partial charge in [0, 0.05) is 6.54 Å². The van der Waals surface area contributed by atoms with Crippen LogP contribution in [0.3, 0.4) is 0 Å². The van der Waals surface area contributed by atoms with E-state index < -0.39 is 10.0 Å². The van der Waals surface area contributed by atoms with Crippen LogP contribution in [-0.2, 0) is 16.6 Å². The lowest BCUT2D eigenvalue weighted by Crippen LogP contribution is -2.17. The van der Waals surface area contributed by atoms with E-state index in [9.17, 15) is 8.42 Å². The minimum atomic E-state index is -3.81. The molecular weight excluding hydrogens is 294 g/mol. The van der Waals surface area contributed by atoms with Crippen LogP contribution >= 0.6 is 0 Å². The zero-order valence-corrected chi connectivity index (χ0v) is 12.6. The molecule has 2 rings (SSSR count). The molecule has 2 aromatic heterocycles. The smallest absolute Gasteiger partial charge is 0.267 e. The molecule has 0 amide bonds. The molecule has 0 saturated carbocycles. The number of nitrogens with zero attached hydrogens (tertiary/aromatic N) is 5. The summed E-state index contributed by atoms with van der Waals surface area (Å²) in [6, 6.07) is 0. The van der Waals surface area contributed by atoms with E-state index in [1.165, 1.54) is 12.4 Å². The first-order chi connectivity index (χ1) is 9.95. The Morgan fingerprint density at radius 1 is 1.33 bits per heavy atom. The highest BCUT2D eigenvalue weighted by Crippen LogP contribution is 2.21. The van der Waals surface area contributed by atoms with Crippen LogP contribution in [0, 0.1) is 13.8 Å². The topological polar surface area (TPSA) is 129 Å². The van der Waals surface area contributed by atoms with Crippen LogP contribution in [-0.4, -0.2) is 39.9 Å². The Bertz CT molecular complexity index is 712. The summed E-state index contributed by atoms with van der Waals surface area (Å²) < 4.78 is 28.8. The number of aromatic nitrogens is 5. The number of anilines is 1. The zero-order valence-electron chi connectivity index (χ0n) is 11.8. The summed E-state index contributed by atoms with van der Waals surface area (Å²) >= 11 is 0. The predicted molar refractivity (Wildman–Crippen MR) is 76.0 cm³/mol. The minimum absolute atomic E-state index is 0.0778. The van der Waals surface area contributed by atoms with Crippen molar-refractivity contribution in [2.45, 2.75) is 31.7 Å². The van der Waals surface area contributed by atoms with Crippen molar-refractivity contribution in [3.8, 4) is 0 Å². The van der Waals surface area contributed by atoms with E-state index in [1.807, 2.05) is 0 Å². The minimum Gasteiger partial charge on any atom is -0.330 e. The summed E-state index contributed by atoms with van der Waals surface area (Å²) in [5, 5.41) is 11.4. The maximum Gasteiger partial charge on any atom is 0.267 e. The molecule has 0 spiro atoms. The molecule has 0 aliphatic carbocycles. The van der Waals surface area contributed by atoms with Gasteiger partial charge in [-0.25, -0.2) is 18.1 Å². The maximum atomic E-state index is 12.4. The quantitative estimate of drug-likeness (QED) is 0.758. The van der Waals surface area contributed by atoms with Crippen LogP contribution in [0.2, 0.25) is 0 Å². The molecule has 0 radical (unpaired) electrons. The third-order valence-corrected chi connectivity index (χ3v) is 4.45. The van der Waals surface area contributed by atoms with Crippen LogP contribution in [0.15, 0.2) is 17.3 Å². The van der Waals surface area contributed by atoms with Crippen molar-refractivity contribution < 1.29 is 8.42 Å². The Morgan fingerprint density at radius 2 is 2.10 bits per heavy atom. The lowest BCUT2D eigenvalue weighted by Gasteiger charge is -2.07. The number of hydrogen-bond donors (Lipinski definition) is 2. The second-order valence-electron chi connectivity index (χ2n) is 4.44. The monoisotopic (exact) mass is 311 g/mol. The van der Waals surface area contributed by atoms with Gasteiger partial charge in [-0.2, -0.15) is 10.2 Å². The predicted octanol–water partition coefficient (Wildman–Crippen LogP) is -0.165. The number of hydrogen-bond acceptors (Lipinski definition) is 7. The number of sulfonamides is 1. The fraction of sp³-hybridized carbons (Fsp3) is 0.455. The summed E-state index contributed by atoms with van der Waals surface area (Å²) in [5.41, 5.74) is 6.43. The molecule has 0 aliphatic heterocycles. The fourth-order valence-electron chi connectivity index (χ4n) is 1.99. The number of nitrogens with two attached hydrogens (primary N) is 1. The summed E-state index contributed by atoms with van der Waals surface area (Å²) in [6.07, 6.45) is 3.44. The second-order valence-corrected chi connectivity index (χ2v) is 6.06. The number of aryl methyl sites for hydroxylation is 2. The number of nitrogens with one attached hydrogen (secondary N) is 1. The Kier molecular flexibility index (Phi) is 4.48. The fourth-order valence-corrected chi connectivity index (χ4v) is 3.35. The third kappa shape index (κ3) is 3.34. The van der Waals surface area contributed by atoms with Crippen LogP contribution in [0.1, 0.15) is 17.8 Å². The van der Waals surface area contributed by atoms with Crippen molar-refractivity contribution in [2.75, 3.05) is 11.3 Å². The van der Waals surface area contributed by atoms with Gasteiger partial charge < -0.3 is 5.73 Å². The van der Waals surface area contributed by atoms with Crippen molar-refractivity contribution in [3.05, 3.63) is 23.8 Å². The Hall–Kier alpha value is -2.07. The number of rotatable bonds is 6. The molecule has 114 valence electrons. The molecular formula is C11H17N7O2S. The summed E-state index contributed by atoms with van der Waals surface area (Å²) in [5.74, 6) is -0.0778. The molecule has 21 heavy (non-hydrogen) atoms. The first-order valence-corrected chi connectivity index (χ1v) is 7.84. The molecule has 0 aliphatic rings. The molecule has 0 unspecified atom stereocenters. The van der Waals surface area contributed by atoms with Crippen molar-refractivity contribution in [1.29, 1.82) is 0 Å². The van der Waals surface area contributed by atoms with Gasteiger partial charge in [0.15, 0.2) is 0 Å². The molecule has 2 heterocycles. The molecule has 0 saturated heterocycles. The summed E-state index contributed by atoms with van der Waals surface area (Å²) in [6.45, 7) is 4.43. The Morgan fingerprint density at radius 3 is 2.71 bits per heavy atom. The van der Waals surface area contributed by atoms with E-state index >= 15 is 0 Å². The maximum absolute atomic E-state index is 12.4. The van der Waals surface area contributed by atoms with Crippen LogP contribution < -0.4 is 10.5 Å². The van der Waals surface area contributed by atoms with Crippen molar-refractivity contribution in [2.24, 2.45) is 5.73 Å². The van der Waals surface area contributed by atoms with Gasteiger partial charge in [0.2, 0.25) is 0 Å². The molecule has 2 aromatic rings. The van der Waals surface area contributed by atoms with Gasteiger partial charge in [-0.3, -0.25) is 4.68 Å². The van der Waals surface area contributed by atoms with Crippen molar-refractivity contribution in [3.63, 3.8) is 0 Å². The first-order valence-electron chi connectivity index (χ1n) is 6.36. The van der Waals surface area contributed by atoms with E-state index in [1.54, 1.807) is 18.5 Å². The average Bonchev–Trinajstić information content (AvgIpc) is 2.72. The third-order valence-electron chi connectivity index (χ3n) is 2.87. The van der Waals surface area contributed by atoms with Crippen molar-refractivity contribution >= 4 is 16.0 Å². The highest BCUT2D eigenvalue weighted by atomic mass is 32.2. The van der Waals surface area contributed by atoms with Crippen molar-refractivity contribution in [1.82, 2.24) is 25.0 Å². The molecule has 3 N–H and O–H groups in total. The highest BCUT2D eigenvalue weighted by molar-refractivity contribution is 7.92. The normalized spacial score (nSPS) is 11.6. The van der Waals surface area contributed by atoms with E-state index in [-0.39, 0.29) is 10.8 Å². The molecule has 0 bridgehead atoms. The standard InChI is InChI=1S/C11H17N7O2S/c1-8-10(9(2)18(16-8)7-3-4-12)21(19,20)17-11-13-5-6-14-15-11/h5-6H,3-4,7,12H2,1-2H3,(H,13,15,17). The molecule has 9 nitrogen and oxygen atoms in total. The first kappa shape index (κ1) is 15.3. The summed E-state index contributed by atoms with van der Waals surface area (Å²) in [7, 11) is -3.81. The zero-order chi connectivity index (χ0) is 15.5. The second kappa shape index (κ2) is 6.14. The van der Waals surface area contributed by atoms with E-state index in [0.29, 0.717) is 24.5 Å². The lowest BCUT2D eigenvalue weighted by molar-refractivity contribution is 0.565. The lowest BCUT2D eigenvalue weighted by atomic mass is 10.4. The van der Waals surface area contributed by atoms with Gasteiger partial charge in [-0.05, 0) is 26.8 Å². The molecule has 10 heteroatoms. The highest BCUT2D eigenvalue weighted by Gasteiger charge is 2.25. The van der Waals surface area contributed by atoms with Gasteiger partial charge >= 0.3 is 0 Å². The van der Waals surface area contributed by atoms with Gasteiger partial charge in [0.1, 0.15) is 4.90 Å². The SMILES string of the molecule is Cc1nn(CCCN)c(C)c1S(=O)(=O)Nc1nccnn1. The Labute approximate surface area is 122 Å². The van der Waals surface area contributed by atoms with Gasteiger partial charge in [-0.1, -0.05) is 0 Å². The van der Waals surface area contributed by atoms with Crippen LogP contribution in [0.5, 0.6) is 0 Å². The van der Waals surface area contributed by atoms with E-state index in [2.05, 4.69) is 25.0 Å². The largest absolute Gasteiger partial charge is 0.330 e. The van der Waals surface area contributed by atoms with Gasteiger partial charge in [0.25, 0.3) is 16.0 Å². The molecule has 0 atom stereocenters. The van der Waals surface area contributed by atoms with Gasteiger partial charge in [-0.15, -0.1) is 5.10 Å². The van der Waals surface area contributed by atoms with Crippen LogP contribution in [0.4, 0.5) is 5.95 Å². The van der Waals surface area contributed by atoms with Crippen LogP contribution in [0.25, 0.3) is 0 Å². The van der Waals surface area contributed by atoms with Gasteiger partial charge in [0.05, 0.1) is 23.8 Å². The average molecular weight is 311 g/mol. The summed E-state index contributed by atoms with van der Waals surface area (Å²) in [4.78, 5) is 3.93.